The van der Waals surface area contributed by atoms with Gasteiger partial charge in [0.1, 0.15) is 0 Å². The predicted octanol–water partition coefficient (Wildman–Crippen LogP) is 1.73. The first-order chi connectivity index (χ1) is 7.10. The van der Waals surface area contributed by atoms with Crippen LogP contribution in [0.3, 0.4) is 0 Å². The van der Waals surface area contributed by atoms with Crippen LogP contribution in [0.25, 0.3) is 0 Å². The van der Waals surface area contributed by atoms with E-state index in [0.717, 1.165) is 11.1 Å². The summed E-state index contributed by atoms with van der Waals surface area (Å²) in [6.45, 7) is 4.29. The van der Waals surface area contributed by atoms with Gasteiger partial charge in [0.05, 0.1) is 11.5 Å². The lowest BCUT2D eigenvalue weighted by molar-refractivity contribution is -0.109. The van der Waals surface area contributed by atoms with Gasteiger partial charge in [0.15, 0.2) is 0 Å². The highest BCUT2D eigenvalue weighted by Gasteiger charge is 2.18. The van der Waals surface area contributed by atoms with E-state index >= 15 is 0 Å². The van der Waals surface area contributed by atoms with Crippen molar-refractivity contribution in [1.29, 1.82) is 5.26 Å². The number of rotatable bonds is 4. The van der Waals surface area contributed by atoms with E-state index in [4.69, 9.17) is 5.26 Å². The van der Waals surface area contributed by atoms with Crippen molar-refractivity contribution in [2.75, 3.05) is 0 Å². The Labute approximate surface area is 89.7 Å². The quantitative estimate of drug-likeness (QED) is 0.756. The maximum absolute atomic E-state index is 10.1. The second-order valence-electron chi connectivity index (χ2n) is 3.93. The van der Waals surface area contributed by atoms with E-state index in [1.807, 2.05) is 38.1 Å². The molecular formula is C12H14N2O. The van der Waals surface area contributed by atoms with Crippen LogP contribution in [-0.2, 0) is 16.8 Å². The third kappa shape index (κ3) is 2.81. The number of carbonyl (C=O) groups excluding carboxylic acids is 1. The molecule has 0 unspecified atom stereocenters. The SMILES string of the molecule is CC(C)(C#N)c1ccc(CNC=O)cc1. The molecule has 0 aliphatic heterocycles. The summed E-state index contributed by atoms with van der Waals surface area (Å²) in [5, 5.41) is 11.5. The maximum Gasteiger partial charge on any atom is 0.207 e. The normalized spacial score (nSPS) is 10.5. The molecule has 0 radical (unpaired) electrons. The van der Waals surface area contributed by atoms with Crippen LogP contribution in [0.15, 0.2) is 24.3 Å². The molecule has 0 spiro atoms. The van der Waals surface area contributed by atoms with Gasteiger partial charge in [0, 0.05) is 6.54 Å². The minimum Gasteiger partial charge on any atom is -0.355 e. The summed E-state index contributed by atoms with van der Waals surface area (Å²) in [5.74, 6) is 0. The highest BCUT2D eigenvalue weighted by molar-refractivity contribution is 5.46. The molecule has 0 fully saturated rings. The third-order valence-corrected chi connectivity index (χ3v) is 2.34. The van der Waals surface area contributed by atoms with Gasteiger partial charge in [-0.25, -0.2) is 0 Å². The van der Waals surface area contributed by atoms with Gasteiger partial charge in [0.2, 0.25) is 6.41 Å². The number of hydrogen-bond acceptors (Lipinski definition) is 2. The van der Waals surface area contributed by atoms with Gasteiger partial charge in [0.25, 0.3) is 0 Å². The maximum atomic E-state index is 10.1. The Morgan fingerprint density at radius 2 is 2.00 bits per heavy atom. The van der Waals surface area contributed by atoms with Gasteiger partial charge in [-0.2, -0.15) is 5.26 Å². The summed E-state index contributed by atoms with van der Waals surface area (Å²) in [6, 6.07) is 9.93. The molecule has 0 aromatic heterocycles. The lowest BCUT2D eigenvalue weighted by atomic mass is 9.86. The second kappa shape index (κ2) is 4.61. The Bertz CT molecular complexity index is 374. The Balaban J connectivity index is 2.82. The standard InChI is InChI=1S/C12H14N2O/c1-12(2,8-13)11-5-3-10(4-6-11)7-14-9-15/h3-6,9H,7H2,1-2H3,(H,14,15). The van der Waals surface area contributed by atoms with Crippen molar-refractivity contribution < 1.29 is 4.79 Å². The van der Waals surface area contributed by atoms with Crippen molar-refractivity contribution >= 4 is 6.41 Å². The van der Waals surface area contributed by atoms with E-state index in [9.17, 15) is 4.79 Å². The summed E-state index contributed by atoms with van der Waals surface area (Å²) in [5.41, 5.74) is 1.55. The molecule has 0 heterocycles. The number of nitriles is 1. The van der Waals surface area contributed by atoms with E-state index in [-0.39, 0.29) is 0 Å². The molecule has 1 aromatic carbocycles. The van der Waals surface area contributed by atoms with Crippen molar-refractivity contribution in [3.8, 4) is 6.07 Å². The van der Waals surface area contributed by atoms with E-state index < -0.39 is 5.41 Å². The largest absolute Gasteiger partial charge is 0.355 e. The van der Waals surface area contributed by atoms with Gasteiger partial charge < -0.3 is 5.32 Å². The number of hydrogen-bond donors (Lipinski definition) is 1. The molecular weight excluding hydrogens is 188 g/mol. The van der Waals surface area contributed by atoms with Crippen LogP contribution < -0.4 is 5.32 Å². The number of nitrogens with zero attached hydrogens (tertiary/aromatic N) is 1. The molecule has 1 rings (SSSR count). The predicted molar refractivity (Wildman–Crippen MR) is 58.0 cm³/mol. The molecule has 0 bridgehead atoms. The minimum atomic E-state index is -0.462. The average molecular weight is 202 g/mol. The Morgan fingerprint density at radius 3 is 2.47 bits per heavy atom. The Kier molecular flexibility index (Phi) is 3.46. The van der Waals surface area contributed by atoms with Gasteiger partial charge in [-0.15, -0.1) is 0 Å². The zero-order valence-corrected chi connectivity index (χ0v) is 8.95. The molecule has 0 aliphatic carbocycles. The topological polar surface area (TPSA) is 52.9 Å². The fraction of sp³-hybridized carbons (Fsp3) is 0.333. The molecule has 1 N–H and O–H groups in total. The minimum absolute atomic E-state index is 0.462. The molecule has 78 valence electrons. The fourth-order valence-corrected chi connectivity index (χ4v) is 1.26. The molecule has 0 saturated carbocycles. The number of carbonyl (C=O) groups is 1. The molecule has 0 saturated heterocycles. The number of nitrogens with one attached hydrogen (secondary N) is 1. The van der Waals surface area contributed by atoms with Crippen LogP contribution in [0.1, 0.15) is 25.0 Å². The van der Waals surface area contributed by atoms with Gasteiger partial charge in [-0.3, -0.25) is 4.79 Å². The van der Waals surface area contributed by atoms with Gasteiger partial charge in [-0.1, -0.05) is 24.3 Å². The van der Waals surface area contributed by atoms with Crippen molar-refractivity contribution in [2.24, 2.45) is 0 Å². The molecule has 3 heteroatoms. The van der Waals surface area contributed by atoms with Crippen molar-refractivity contribution in [1.82, 2.24) is 5.32 Å². The first-order valence-electron chi connectivity index (χ1n) is 4.78. The summed E-state index contributed by atoms with van der Waals surface area (Å²) < 4.78 is 0. The highest BCUT2D eigenvalue weighted by Crippen LogP contribution is 2.22. The van der Waals surface area contributed by atoms with Crippen LogP contribution in [0.4, 0.5) is 0 Å². The van der Waals surface area contributed by atoms with Crippen LogP contribution >= 0.6 is 0 Å². The first kappa shape index (κ1) is 11.3. The monoisotopic (exact) mass is 202 g/mol. The first-order valence-corrected chi connectivity index (χ1v) is 4.78. The van der Waals surface area contributed by atoms with E-state index in [1.54, 1.807) is 0 Å². The van der Waals surface area contributed by atoms with Crippen molar-refractivity contribution in [3.63, 3.8) is 0 Å². The van der Waals surface area contributed by atoms with E-state index in [1.165, 1.54) is 0 Å². The van der Waals surface area contributed by atoms with Crippen LogP contribution in [0, 0.1) is 11.3 Å². The van der Waals surface area contributed by atoms with Gasteiger partial charge >= 0.3 is 0 Å². The second-order valence-corrected chi connectivity index (χ2v) is 3.93. The zero-order valence-electron chi connectivity index (χ0n) is 8.95. The Hall–Kier alpha value is -1.82. The summed E-state index contributed by atoms with van der Waals surface area (Å²) in [6.07, 6.45) is 0.674. The molecule has 1 aromatic rings. The Morgan fingerprint density at radius 1 is 1.40 bits per heavy atom. The highest BCUT2D eigenvalue weighted by atomic mass is 16.1. The van der Waals surface area contributed by atoms with E-state index in [0.29, 0.717) is 13.0 Å². The lowest BCUT2D eigenvalue weighted by Crippen LogP contribution is -2.14. The third-order valence-electron chi connectivity index (χ3n) is 2.34. The smallest absolute Gasteiger partial charge is 0.207 e. The van der Waals surface area contributed by atoms with E-state index in [2.05, 4.69) is 11.4 Å². The summed E-state index contributed by atoms with van der Waals surface area (Å²) >= 11 is 0. The summed E-state index contributed by atoms with van der Waals surface area (Å²) in [7, 11) is 0. The fourth-order valence-electron chi connectivity index (χ4n) is 1.26. The zero-order chi connectivity index (χ0) is 11.3. The van der Waals surface area contributed by atoms with Crippen LogP contribution in [-0.4, -0.2) is 6.41 Å². The molecule has 0 atom stereocenters. The number of benzene rings is 1. The molecule has 0 aliphatic rings. The lowest BCUT2D eigenvalue weighted by Gasteiger charge is -2.15. The summed E-state index contributed by atoms with van der Waals surface area (Å²) in [4.78, 5) is 10.1. The average Bonchev–Trinajstić information content (AvgIpc) is 2.27. The van der Waals surface area contributed by atoms with Crippen LogP contribution in [0.2, 0.25) is 0 Å². The molecule has 1 amide bonds. The van der Waals surface area contributed by atoms with Crippen molar-refractivity contribution in [2.45, 2.75) is 25.8 Å². The van der Waals surface area contributed by atoms with Crippen LogP contribution in [0.5, 0.6) is 0 Å². The molecule has 3 nitrogen and oxygen atoms in total. The van der Waals surface area contributed by atoms with Crippen molar-refractivity contribution in [3.05, 3.63) is 35.4 Å². The van der Waals surface area contributed by atoms with Gasteiger partial charge in [-0.05, 0) is 25.0 Å². The molecule has 15 heavy (non-hydrogen) atoms. The number of amides is 1.